The third kappa shape index (κ3) is 2.18. The molecule has 1 aliphatic heterocycles. The molecule has 0 radical (unpaired) electrons. The van der Waals surface area contributed by atoms with Gasteiger partial charge in [-0.1, -0.05) is 18.2 Å². The summed E-state index contributed by atoms with van der Waals surface area (Å²) in [5, 5.41) is 9.03. The number of aromatic nitrogens is 2. The maximum absolute atomic E-state index is 4.45. The summed E-state index contributed by atoms with van der Waals surface area (Å²) in [6, 6.07) is 6.44. The third-order valence-corrected chi connectivity index (χ3v) is 4.09. The van der Waals surface area contributed by atoms with Gasteiger partial charge in [-0.15, -0.1) is 0 Å². The number of nitrogens with zero attached hydrogens (tertiary/aromatic N) is 3. The van der Waals surface area contributed by atoms with Crippen molar-refractivity contribution in [2.45, 2.75) is 6.54 Å². The molecule has 1 aliphatic rings. The van der Waals surface area contributed by atoms with E-state index in [0.29, 0.717) is 0 Å². The molecule has 0 amide bonds. The predicted octanol–water partition coefficient (Wildman–Crippen LogP) is 1.74. The van der Waals surface area contributed by atoms with E-state index in [1.807, 2.05) is 11.7 Å². The topological polar surface area (TPSA) is 33.1 Å². The van der Waals surface area contributed by atoms with Gasteiger partial charge in [0.15, 0.2) is 0 Å². The highest BCUT2D eigenvalue weighted by Gasteiger charge is 2.14. The second-order valence-electron chi connectivity index (χ2n) is 4.75. The number of hydrogen-bond donors (Lipinski definition) is 1. The minimum Gasteiger partial charge on any atom is -0.314 e. The highest BCUT2D eigenvalue weighted by atomic mass is 79.9. The number of nitrogens with one attached hydrogen (secondary N) is 1. The molecule has 1 fully saturated rings. The molecule has 2 aromatic rings. The normalized spacial score (nSPS) is 17.4. The van der Waals surface area contributed by atoms with Gasteiger partial charge in [-0.25, -0.2) is 0 Å². The maximum Gasteiger partial charge on any atom is 0.135 e. The fraction of sp³-hybridized carbons (Fsp3) is 0.462. The van der Waals surface area contributed by atoms with Gasteiger partial charge < -0.3 is 5.32 Å². The molecule has 0 atom stereocenters. The van der Waals surface area contributed by atoms with Crippen LogP contribution >= 0.6 is 15.9 Å². The molecule has 18 heavy (non-hydrogen) atoms. The molecule has 5 heteroatoms. The SMILES string of the molecule is Cn1nc(Br)c2cccc(CN3CCNCC3)c21. The highest BCUT2D eigenvalue weighted by molar-refractivity contribution is 9.10. The first-order valence-electron chi connectivity index (χ1n) is 6.29. The summed E-state index contributed by atoms with van der Waals surface area (Å²) in [5.74, 6) is 0. The van der Waals surface area contributed by atoms with Crippen LogP contribution in [0.4, 0.5) is 0 Å². The maximum atomic E-state index is 4.45. The van der Waals surface area contributed by atoms with Crippen LogP contribution in [-0.4, -0.2) is 40.9 Å². The molecular formula is C13H17BrN4. The third-order valence-electron chi connectivity index (χ3n) is 3.51. The molecule has 96 valence electrons. The van der Waals surface area contributed by atoms with Crippen LogP contribution in [0.1, 0.15) is 5.56 Å². The number of para-hydroxylation sites is 1. The zero-order valence-electron chi connectivity index (χ0n) is 10.5. The van der Waals surface area contributed by atoms with Crippen LogP contribution in [0.5, 0.6) is 0 Å². The summed E-state index contributed by atoms with van der Waals surface area (Å²) < 4.78 is 2.90. The highest BCUT2D eigenvalue weighted by Crippen LogP contribution is 2.26. The first-order chi connectivity index (χ1) is 8.75. The van der Waals surface area contributed by atoms with Gasteiger partial charge in [0, 0.05) is 45.2 Å². The number of hydrogen-bond acceptors (Lipinski definition) is 3. The first kappa shape index (κ1) is 12.1. The van der Waals surface area contributed by atoms with E-state index in [1.54, 1.807) is 0 Å². The van der Waals surface area contributed by atoms with Crippen molar-refractivity contribution in [1.82, 2.24) is 20.0 Å². The lowest BCUT2D eigenvalue weighted by Gasteiger charge is -2.27. The van der Waals surface area contributed by atoms with E-state index in [4.69, 9.17) is 0 Å². The van der Waals surface area contributed by atoms with Crippen LogP contribution in [0, 0.1) is 0 Å². The number of rotatable bonds is 2. The summed E-state index contributed by atoms with van der Waals surface area (Å²) in [7, 11) is 2.01. The summed E-state index contributed by atoms with van der Waals surface area (Å²) in [5.41, 5.74) is 2.60. The zero-order valence-corrected chi connectivity index (χ0v) is 12.1. The Morgan fingerprint density at radius 3 is 2.89 bits per heavy atom. The number of aryl methyl sites for hydroxylation is 1. The molecule has 2 heterocycles. The van der Waals surface area contributed by atoms with Crippen molar-refractivity contribution < 1.29 is 0 Å². The van der Waals surface area contributed by atoms with Gasteiger partial charge in [-0.2, -0.15) is 5.10 Å². The summed E-state index contributed by atoms with van der Waals surface area (Å²) in [6.07, 6.45) is 0. The molecule has 0 aliphatic carbocycles. The van der Waals surface area contributed by atoms with Gasteiger partial charge in [0.1, 0.15) is 4.60 Å². The van der Waals surface area contributed by atoms with E-state index < -0.39 is 0 Å². The van der Waals surface area contributed by atoms with Crippen LogP contribution in [0.3, 0.4) is 0 Å². The molecule has 0 unspecified atom stereocenters. The van der Waals surface area contributed by atoms with Gasteiger partial charge in [0.05, 0.1) is 5.52 Å². The Balaban J connectivity index is 1.95. The standard InChI is InChI=1S/C13H17BrN4/c1-17-12-10(9-18-7-5-15-6-8-18)3-2-4-11(12)13(14)16-17/h2-4,15H,5-9H2,1H3. The molecular weight excluding hydrogens is 292 g/mol. The number of benzene rings is 1. The summed E-state index contributed by atoms with van der Waals surface area (Å²) in [4.78, 5) is 2.49. The second-order valence-corrected chi connectivity index (χ2v) is 5.51. The van der Waals surface area contributed by atoms with E-state index in [9.17, 15) is 0 Å². The van der Waals surface area contributed by atoms with E-state index in [-0.39, 0.29) is 0 Å². The van der Waals surface area contributed by atoms with Crippen LogP contribution in [-0.2, 0) is 13.6 Å². The van der Waals surface area contributed by atoms with Crippen molar-refractivity contribution in [3.63, 3.8) is 0 Å². The van der Waals surface area contributed by atoms with Gasteiger partial charge in [0.25, 0.3) is 0 Å². The lowest BCUT2D eigenvalue weighted by molar-refractivity contribution is 0.234. The Labute approximate surface area is 115 Å². The van der Waals surface area contributed by atoms with Gasteiger partial charge in [-0.05, 0) is 21.5 Å². The Morgan fingerprint density at radius 2 is 2.11 bits per heavy atom. The summed E-state index contributed by atoms with van der Waals surface area (Å²) in [6.45, 7) is 5.42. The van der Waals surface area contributed by atoms with Crippen LogP contribution in [0.25, 0.3) is 10.9 Å². The molecule has 0 saturated carbocycles. The van der Waals surface area contributed by atoms with Crippen LogP contribution in [0.15, 0.2) is 22.8 Å². The average Bonchev–Trinajstić information content (AvgIpc) is 2.67. The van der Waals surface area contributed by atoms with Crippen molar-refractivity contribution in [1.29, 1.82) is 0 Å². The second kappa shape index (κ2) is 4.99. The minimum absolute atomic E-state index is 0.933. The fourth-order valence-corrected chi connectivity index (χ4v) is 3.17. The first-order valence-corrected chi connectivity index (χ1v) is 7.08. The van der Waals surface area contributed by atoms with Gasteiger partial charge in [0.2, 0.25) is 0 Å². The lowest BCUT2D eigenvalue weighted by atomic mass is 10.1. The molecule has 3 rings (SSSR count). The average molecular weight is 309 g/mol. The van der Waals surface area contributed by atoms with E-state index in [0.717, 1.165) is 37.3 Å². The molecule has 1 aromatic heterocycles. The van der Waals surface area contributed by atoms with Crippen molar-refractivity contribution in [2.24, 2.45) is 7.05 Å². The Hall–Kier alpha value is -0.910. The number of halogens is 1. The largest absolute Gasteiger partial charge is 0.314 e. The molecule has 4 nitrogen and oxygen atoms in total. The molecule has 1 N–H and O–H groups in total. The van der Waals surface area contributed by atoms with Crippen LogP contribution < -0.4 is 5.32 Å². The van der Waals surface area contributed by atoms with Gasteiger partial charge in [-0.3, -0.25) is 9.58 Å². The fourth-order valence-electron chi connectivity index (χ4n) is 2.61. The molecule has 1 saturated heterocycles. The van der Waals surface area contributed by atoms with Gasteiger partial charge >= 0.3 is 0 Å². The zero-order chi connectivity index (χ0) is 12.5. The predicted molar refractivity (Wildman–Crippen MR) is 76.6 cm³/mol. The van der Waals surface area contributed by atoms with Crippen molar-refractivity contribution in [3.05, 3.63) is 28.4 Å². The Bertz CT molecular complexity index is 557. The Morgan fingerprint density at radius 1 is 1.33 bits per heavy atom. The molecule has 1 aromatic carbocycles. The monoisotopic (exact) mass is 308 g/mol. The van der Waals surface area contributed by atoms with E-state index in [2.05, 4.69) is 49.4 Å². The number of piperazine rings is 1. The van der Waals surface area contributed by atoms with Crippen LogP contribution in [0.2, 0.25) is 0 Å². The van der Waals surface area contributed by atoms with Crippen molar-refractivity contribution in [3.8, 4) is 0 Å². The number of fused-ring (bicyclic) bond motifs is 1. The van der Waals surface area contributed by atoms with E-state index in [1.165, 1.54) is 16.5 Å². The minimum atomic E-state index is 0.933. The molecule has 0 bridgehead atoms. The van der Waals surface area contributed by atoms with E-state index >= 15 is 0 Å². The molecule has 0 spiro atoms. The lowest BCUT2D eigenvalue weighted by Crippen LogP contribution is -2.42. The Kier molecular flexibility index (Phi) is 3.37. The van der Waals surface area contributed by atoms with Crippen molar-refractivity contribution >= 4 is 26.8 Å². The van der Waals surface area contributed by atoms with Crippen molar-refractivity contribution in [2.75, 3.05) is 26.2 Å². The quantitative estimate of drug-likeness (QED) is 0.917. The summed E-state index contributed by atoms with van der Waals surface area (Å²) >= 11 is 3.52. The smallest absolute Gasteiger partial charge is 0.135 e.